The Morgan fingerprint density at radius 2 is 2.15 bits per heavy atom. The average Bonchev–Trinajstić information content (AvgIpc) is 2.47. The third-order valence-electron chi connectivity index (χ3n) is 5.62. The normalized spacial score (nSPS) is 34.5. The van der Waals surface area contributed by atoms with Crippen molar-refractivity contribution in [1.82, 2.24) is 4.90 Å². The molecule has 1 aliphatic carbocycles. The maximum Gasteiger partial charge on any atom is 0.119 e. The Kier molecular flexibility index (Phi) is 3.76. The van der Waals surface area contributed by atoms with Crippen molar-refractivity contribution in [1.29, 1.82) is 0 Å². The van der Waals surface area contributed by atoms with Crippen LogP contribution in [0.4, 0.5) is 0 Å². The van der Waals surface area contributed by atoms with E-state index in [0.717, 1.165) is 17.6 Å². The molecule has 1 heterocycles. The van der Waals surface area contributed by atoms with E-state index in [1.54, 1.807) is 7.11 Å². The van der Waals surface area contributed by atoms with Gasteiger partial charge in [-0.3, -0.25) is 0 Å². The second kappa shape index (κ2) is 5.40. The van der Waals surface area contributed by atoms with E-state index in [1.807, 2.05) is 0 Å². The number of rotatable bonds is 2. The summed E-state index contributed by atoms with van der Waals surface area (Å²) >= 11 is 0. The van der Waals surface area contributed by atoms with Crippen LogP contribution in [-0.4, -0.2) is 32.1 Å². The molecule has 0 spiro atoms. The van der Waals surface area contributed by atoms with Gasteiger partial charge in [0.05, 0.1) is 7.11 Å². The van der Waals surface area contributed by atoms with Gasteiger partial charge in [0.25, 0.3) is 0 Å². The Hall–Kier alpha value is -1.02. The summed E-state index contributed by atoms with van der Waals surface area (Å²) < 4.78 is 5.46. The Bertz CT molecular complexity index is 472. The van der Waals surface area contributed by atoms with Crippen LogP contribution < -0.4 is 4.74 Å². The number of fused-ring (bicyclic) bond motifs is 1. The van der Waals surface area contributed by atoms with Gasteiger partial charge < -0.3 is 9.64 Å². The van der Waals surface area contributed by atoms with Crippen molar-refractivity contribution in [2.45, 2.75) is 38.0 Å². The van der Waals surface area contributed by atoms with E-state index in [4.69, 9.17) is 4.74 Å². The lowest BCUT2D eigenvalue weighted by atomic mass is 9.57. The van der Waals surface area contributed by atoms with E-state index in [1.165, 1.54) is 44.3 Å². The lowest BCUT2D eigenvalue weighted by Crippen LogP contribution is -2.51. The molecule has 1 aromatic rings. The first kappa shape index (κ1) is 13.9. The number of nitrogens with zero attached hydrogens (tertiary/aromatic N) is 1. The summed E-state index contributed by atoms with van der Waals surface area (Å²) in [6.45, 7) is 4.90. The van der Waals surface area contributed by atoms with Gasteiger partial charge in [-0.25, -0.2) is 0 Å². The summed E-state index contributed by atoms with van der Waals surface area (Å²) in [6, 6.07) is 8.85. The zero-order chi connectivity index (χ0) is 14.2. The van der Waals surface area contributed by atoms with Gasteiger partial charge in [-0.2, -0.15) is 0 Å². The zero-order valence-corrected chi connectivity index (χ0v) is 13.1. The highest BCUT2D eigenvalue weighted by atomic mass is 16.5. The van der Waals surface area contributed by atoms with Crippen LogP contribution in [0.3, 0.4) is 0 Å². The summed E-state index contributed by atoms with van der Waals surface area (Å²) in [4.78, 5) is 2.51. The highest BCUT2D eigenvalue weighted by Crippen LogP contribution is 2.50. The molecule has 0 bridgehead atoms. The molecule has 3 rings (SSSR count). The van der Waals surface area contributed by atoms with Crippen molar-refractivity contribution in [3.63, 3.8) is 0 Å². The third kappa shape index (κ3) is 2.35. The fourth-order valence-corrected chi connectivity index (χ4v) is 4.51. The molecule has 3 atom stereocenters. The highest BCUT2D eigenvalue weighted by Gasteiger charge is 2.46. The molecule has 2 fully saturated rings. The van der Waals surface area contributed by atoms with Crippen LogP contribution in [0.25, 0.3) is 0 Å². The SMILES string of the molecule is COc1cccc([C@]23CCN(C)C[C@H]2CC[C@H](C)C3)c1. The fourth-order valence-electron chi connectivity index (χ4n) is 4.51. The van der Waals surface area contributed by atoms with Gasteiger partial charge in [0, 0.05) is 12.0 Å². The van der Waals surface area contributed by atoms with Gasteiger partial charge in [0.2, 0.25) is 0 Å². The van der Waals surface area contributed by atoms with Gasteiger partial charge in [-0.05, 0) is 62.4 Å². The molecule has 0 unspecified atom stereocenters. The minimum Gasteiger partial charge on any atom is -0.497 e. The van der Waals surface area contributed by atoms with Crippen LogP contribution in [-0.2, 0) is 5.41 Å². The van der Waals surface area contributed by atoms with Crippen LogP contribution in [0.2, 0.25) is 0 Å². The van der Waals surface area contributed by atoms with Crippen LogP contribution in [0.5, 0.6) is 5.75 Å². The second-order valence-corrected chi connectivity index (χ2v) is 6.98. The van der Waals surface area contributed by atoms with E-state index in [2.05, 4.69) is 43.1 Å². The number of piperidine rings is 1. The van der Waals surface area contributed by atoms with E-state index < -0.39 is 0 Å². The first-order valence-electron chi connectivity index (χ1n) is 7.97. The number of methoxy groups -OCH3 is 1. The van der Waals surface area contributed by atoms with Crippen LogP contribution in [0.1, 0.15) is 38.2 Å². The summed E-state index contributed by atoms with van der Waals surface area (Å²) in [5, 5.41) is 0. The van der Waals surface area contributed by atoms with E-state index in [9.17, 15) is 0 Å². The number of benzene rings is 1. The van der Waals surface area contributed by atoms with Gasteiger partial charge in [0.1, 0.15) is 5.75 Å². The molecule has 1 saturated heterocycles. The Morgan fingerprint density at radius 1 is 1.30 bits per heavy atom. The molecule has 20 heavy (non-hydrogen) atoms. The average molecular weight is 273 g/mol. The van der Waals surface area contributed by atoms with Crippen molar-refractivity contribution in [2.75, 3.05) is 27.2 Å². The molecule has 0 radical (unpaired) electrons. The van der Waals surface area contributed by atoms with Gasteiger partial charge in [-0.1, -0.05) is 25.5 Å². The minimum absolute atomic E-state index is 0.388. The molecule has 1 aromatic carbocycles. The molecular weight excluding hydrogens is 246 g/mol. The Balaban J connectivity index is 1.99. The van der Waals surface area contributed by atoms with Gasteiger partial charge in [-0.15, -0.1) is 0 Å². The largest absolute Gasteiger partial charge is 0.497 e. The van der Waals surface area contributed by atoms with Crippen molar-refractivity contribution < 1.29 is 4.74 Å². The molecule has 0 amide bonds. The van der Waals surface area contributed by atoms with Crippen molar-refractivity contribution in [2.24, 2.45) is 11.8 Å². The quantitative estimate of drug-likeness (QED) is 0.814. The lowest BCUT2D eigenvalue weighted by Gasteiger charge is -2.52. The van der Waals surface area contributed by atoms with Crippen LogP contribution >= 0.6 is 0 Å². The zero-order valence-electron chi connectivity index (χ0n) is 13.1. The monoisotopic (exact) mass is 273 g/mol. The summed E-state index contributed by atoms with van der Waals surface area (Å²) in [5.74, 6) is 2.66. The highest BCUT2D eigenvalue weighted by molar-refractivity contribution is 5.36. The van der Waals surface area contributed by atoms with Crippen LogP contribution in [0.15, 0.2) is 24.3 Å². The predicted octanol–water partition coefficient (Wildman–Crippen LogP) is 3.70. The molecule has 0 N–H and O–H groups in total. The van der Waals surface area contributed by atoms with E-state index in [-0.39, 0.29) is 0 Å². The lowest BCUT2D eigenvalue weighted by molar-refractivity contribution is 0.0506. The molecule has 110 valence electrons. The second-order valence-electron chi connectivity index (χ2n) is 6.98. The van der Waals surface area contributed by atoms with E-state index >= 15 is 0 Å². The fraction of sp³-hybridized carbons (Fsp3) is 0.667. The summed E-state index contributed by atoms with van der Waals surface area (Å²) in [5.41, 5.74) is 1.90. The first-order valence-corrected chi connectivity index (χ1v) is 7.97. The molecular formula is C18H27NO. The molecule has 2 nitrogen and oxygen atoms in total. The number of likely N-dealkylation sites (tertiary alicyclic amines) is 1. The van der Waals surface area contributed by atoms with Gasteiger partial charge in [0.15, 0.2) is 0 Å². The minimum atomic E-state index is 0.388. The number of hydrogen-bond donors (Lipinski definition) is 0. The Labute approximate surface area is 123 Å². The van der Waals surface area contributed by atoms with Gasteiger partial charge >= 0.3 is 0 Å². The summed E-state index contributed by atoms with van der Waals surface area (Å²) in [6.07, 6.45) is 5.41. The molecule has 1 aliphatic heterocycles. The smallest absolute Gasteiger partial charge is 0.119 e. The predicted molar refractivity (Wildman–Crippen MR) is 83.3 cm³/mol. The number of ether oxygens (including phenoxy) is 1. The molecule has 1 saturated carbocycles. The van der Waals surface area contributed by atoms with Crippen LogP contribution in [0, 0.1) is 11.8 Å². The van der Waals surface area contributed by atoms with Crippen molar-refractivity contribution in [3.8, 4) is 5.75 Å². The molecule has 2 aliphatic rings. The third-order valence-corrected chi connectivity index (χ3v) is 5.62. The molecule has 2 heteroatoms. The Morgan fingerprint density at radius 3 is 2.95 bits per heavy atom. The van der Waals surface area contributed by atoms with Crippen molar-refractivity contribution in [3.05, 3.63) is 29.8 Å². The standard InChI is InChI=1S/C18H27NO/c1-14-7-8-16-13-19(2)10-9-18(16,12-14)15-5-4-6-17(11-15)20-3/h4-6,11,14,16H,7-10,12-13H2,1-3H3/t14-,16+,18+/m0/s1. The summed E-state index contributed by atoms with van der Waals surface area (Å²) in [7, 11) is 4.04. The maximum atomic E-state index is 5.46. The van der Waals surface area contributed by atoms with Crippen molar-refractivity contribution >= 4 is 0 Å². The molecule has 0 aromatic heterocycles. The first-order chi connectivity index (χ1) is 9.64. The number of hydrogen-bond acceptors (Lipinski definition) is 2. The van der Waals surface area contributed by atoms with E-state index in [0.29, 0.717) is 5.41 Å². The topological polar surface area (TPSA) is 12.5 Å². The maximum absolute atomic E-state index is 5.46.